The quantitative estimate of drug-likeness (QED) is 0.850. The van der Waals surface area contributed by atoms with Gasteiger partial charge in [-0.1, -0.05) is 12.1 Å². The number of ether oxygens (including phenoxy) is 1. The molecule has 1 fully saturated rings. The zero-order valence-electron chi connectivity index (χ0n) is 13.4. The molecule has 2 aliphatic heterocycles. The third-order valence-corrected chi connectivity index (χ3v) is 5.31. The van der Waals surface area contributed by atoms with Crippen LogP contribution in [-0.4, -0.2) is 54.8 Å². The molecule has 1 saturated heterocycles. The molecule has 0 radical (unpaired) electrons. The van der Waals surface area contributed by atoms with Crippen LogP contribution in [0.5, 0.6) is 0 Å². The summed E-state index contributed by atoms with van der Waals surface area (Å²) in [6, 6.07) is 8.05. The van der Waals surface area contributed by atoms with Crippen LogP contribution in [0.1, 0.15) is 19.8 Å². The van der Waals surface area contributed by atoms with Gasteiger partial charge in [0.15, 0.2) is 0 Å². The molecule has 5 nitrogen and oxygen atoms in total. The minimum absolute atomic E-state index is 0.0343. The highest BCUT2D eigenvalue weighted by Crippen LogP contribution is 2.34. The van der Waals surface area contributed by atoms with Gasteiger partial charge >= 0.3 is 0 Å². The second-order valence-electron chi connectivity index (χ2n) is 5.87. The molecule has 23 heavy (non-hydrogen) atoms. The molecule has 0 unspecified atom stereocenters. The molecule has 0 aromatic heterocycles. The minimum Gasteiger partial charge on any atom is -0.377 e. The van der Waals surface area contributed by atoms with Crippen molar-refractivity contribution in [1.82, 2.24) is 4.90 Å². The number of amides is 2. The number of para-hydroxylation sites is 1. The third-order valence-electron chi connectivity index (χ3n) is 4.27. The lowest BCUT2D eigenvalue weighted by Crippen LogP contribution is -2.47. The lowest BCUT2D eigenvalue weighted by molar-refractivity contribution is -0.140. The van der Waals surface area contributed by atoms with Gasteiger partial charge < -0.3 is 14.5 Å². The number of anilines is 1. The molecule has 0 N–H and O–H groups in total. The predicted octanol–water partition coefficient (Wildman–Crippen LogP) is 2.15. The van der Waals surface area contributed by atoms with Gasteiger partial charge in [0, 0.05) is 36.6 Å². The van der Waals surface area contributed by atoms with Crippen LogP contribution in [0.15, 0.2) is 29.2 Å². The average Bonchev–Trinajstić information content (AvgIpc) is 2.59. The van der Waals surface area contributed by atoms with Gasteiger partial charge in [0.25, 0.3) is 0 Å². The molecular formula is C17H22N2O3S. The molecule has 1 aromatic rings. The number of rotatable bonds is 3. The Hall–Kier alpha value is -1.53. The predicted molar refractivity (Wildman–Crippen MR) is 90.7 cm³/mol. The molecule has 2 amide bonds. The number of hydrogen-bond donors (Lipinski definition) is 0. The van der Waals surface area contributed by atoms with Crippen molar-refractivity contribution in [2.45, 2.75) is 30.7 Å². The summed E-state index contributed by atoms with van der Waals surface area (Å²) in [5, 5.41) is 0. The lowest BCUT2D eigenvalue weighted by Gasteiger charge is -2.33. The number of nitrogens with zero attached hydrogens (tertiary/aromatic N) is 2. The molecular weight excluding hydrogens is 312 g/mol. The molecule has 0 aliphatic carbocycles. The van der Waals surface area contributed by atoms with Crippen molar-refractivity contribution in [3.63, 3.8) is 0 Å². The molecule has 124 valence electrons. The Morgan fingerprint density at radius 2 is 2.00 bits per heavy atom. The summed E-state index contributed by atoms with van der Waals surface area (Å²) in [7, 11) is 0. The number of carbonyl (C=O) groups excluding carboxylic acids is 2. The van der Waals surface area contributed by atoms with Gasteiger partial charge in [0.2, 0.25) is 11.8 Å². The van der Waals surface area contributed by atoms with Crippen LogP contribution < -0.4 is 4.90 Å². The summed E-state index contributed by atoms with van der Waals surface area (Å²) in [6.45, 7) is 4.48. The highest BCUT2D eigenvalue weighted by atomic mass is 32.2. The normalized spacial score (nSPS) is 21.0. The molecule has 0 saturated carbocycles. The molecule has 1 atom stereocenters. The van der Waals surface area contributed by atoms with E-state index in [1.165, 1.54) is 0 Å². The standard InChI is InChI=1S/C17H22N2O3S/c1-13-12-22-10-8-18(13)16(20)6-7-17(21)19-9-11-23-15-5-3-2-4-14(15)19/h2-5,13H,6-12H2,1H3/t13-/m0/s1. The van der Waals surface area contributed by atoms with Crippen LogP contribution in [0.2, 0.25) is 0 Å². The van der Waals surface area contributed by atoms with Crippen molar-refractivity contribution in [2.24, 2.45) is 0 Å². The summed E-state index contributed by atoms with van der Waals surface area (Å²) >= 11 is 1.77. The maximum Gasteiger partial charge on any atom is 0.227 e. The summed E-state index contributed by atoms with van der Waals surface area (Å²) in [6.07, 6.45) is 0.539. The first-order valence-corrected chi connectivity index (χ1v) is 9.05. The fraction of sp³-hybridized carbons (Fsp3) is 0.529. The number of benzene rings is 1. The van der Waals surface area contributed by atoms with E-state index in [-0.39, 0.29) is 30.7 Å². The van der Waals surface area contributed by atoms with Gasteiger partial charge in [-0.05, 0) is 19.1 Å². The van der Waals surface area contributed by atoms with E-state index in [4.69, 9.17) is 4.74 Å². The van der Waals surface area contributed by atoms with E-state index < -0.39 is 0 Å². The summed E-state index contributed by atoms with van der Waals surface area (Å²) < 4.78 is 5.35. The van der Waals surface area contributed by atoms with Crippen LogP contribution in [0.4, 0.5) is 5.69 Å². The van der Waals surface area contributed by atoms with E-state index in [0.717, 1.165) is 16.3 Å². The maximum absolute atomic E-state index is 12.6. The van der Waals surface area contributed by atoms with Crippen molar-refractivity contribution in [2.75, 3.05) is 37.0 Å². The van der Waals surface area contributed by atoms with Crippen LogP contribution in [-0.2, 0) is 14.3 Å². The number of thioether (sulfide) groups is 1. The first-order valence-electron chi connectivity index (χ1n) is 8.06. The fourth-order valence-electron chi connectivity index (χ4n) is 3.02. The number of hydrogen-bond acceptors (Lipinski definition) is 4. The highest BCUT2D eigenvalue weighted by Gasteiger charge is 2.26. The molecule has 2 aliphatic rings. The van der Waals surface area contributed by atoms with Crippen molar-refractivity contribution >= 4 is 29.3 Å². The van der Waals surface area contributed by atoms with Crippen LogP contribution >= 0.6 is 11.8 Å². The van der Waals surface area contributed by atoms with Crippen LogP contribution in [0.3, 0.4) is 0 Å². The summed E-state index contributed by atoms with van der Waals surface area (Å²) in [5.41, 5.74) is 0.973. The lowest BCUT2D eigenvalue weighted by atomic mass is 10.2. The molecule has 3 rings (SSSR count). The van der Waals surface area contributed by atoms with Crippen molar-refractivity contribution in [1.29, 1.82) is 0 Å². The van der Waals surface area contributed by atoms with Gasteiger partial charge in [-0.3, -0.25) is 9.59 Å². The Morgan fingerprint density at radius 1 is 1.22 bits per heavy atom. The van der Waals surface area contributed by atoms with E-state index >= 15 is 0 Å². The first kappa shape index (κ1) is 16.3. The first-order chi connectivity index (χ1) is 11.2. The third kappa shape index (κ3) is 3.70. The van der Waals surface area contributed by atoms with Gasteiger partial charge in [-0.2, -0.15) is 0 Å². The molecule has 0 bridgehead atoms. The minimum atomic E-state index is 0.0343. The Balaban J connectivity index is 1.59. The summed E-state index contributed by atoms with van der Waals surface area (Å²) in [4.78, 5) is 29.7. The Kier molecular flexibility index (Phi) is 5.23. The maximum atomic E-state index is 12.6. The van der Waals surface area contributed by atoms with Crippen molar-refractivity contribution in [3.8, 4) is 0 Å². The Bertz CT molecular complexity index is 593. The number of morpholine rings is 1. The Morgan fingerprint density at radius 3 is 2.83 bits per heavy atom. The Labute approximate surface area is 141 Å². The molecule has 6 heteroatoms. The van der Waals surface area contributed by atoms with Gasteiger partial charge in [0.05, 0.1) is 24.9 Å². The summed E-state index contributed by atoms with van der Waals surface area (Å²) in [5.74, 6) is 0.984. The van der Waals surface area contributed by atoms with Gasteiger partial charge in [0.1, 0.15) is 0 Å². The number of carbonyl (C=O) groups is 2. The second-order valence-corrected chi connectivity index (χ2v) is 7.01. The van der Waals surface area contributed by atoms with E-state index in [1.54, 1.807) is 11.8 Å². The second kappa shape index (κ2) is 7.36. The smallest absolute Gasteiger partial charge is 0.227 e. The molecule has 1 aromatic carbocycles. The van der Waals surface area contributed by atoms with Crippen molar-refractivity contribution in [3.05, 3.63) is 24.3 Å². The largest absolute Gasteiger partial charge is 0.377 e. The van der Waals surface area contributed by atoms with E-state index in [9.17, 15) is 9.59 Å². The van der Waals surface area contributed by atoms with Gasteiger partial charge in [-0.25, -0.2) is 0 Å². The fourth-order valence-corrected chi connectivity index (χ4v) is 4.01. The van der Waals surface area contributed by atoms with Crippen molar-refractivity contribution < 1.29 is 14.3 Å². The van der Waals surface area contributed by atoms with E-state index in [1.807, 2.05) is 41.0 Å². The monoisotopic (exact) mass is 334 g/mol. The SMILES string of the molecule is C[C@H]1COCCN1C(=O)CCC(=O)N1CCSc2ccccc21. The molecule has 2 heterocycles. The molecule has 0 spiro atoms. The van der Waals surface area contributed by atoms with Crippen LogP contribution in [0, 0.1) is 0 Å². The number of fused-ring (bicyclic) bond motifs is 1. The average molecular weight is 334 g/mol. The van der Waals surface area contributed by atoms with E-state index in [0.29, 0.717) is 26.3 Å². The zero-order valence-corrected chi connectivity index (χ0v) is 14.2. The van der Waals surface area contributed by atoms with E-state index in [2.05, 4.69) is 0 Å². The highest BCUT2D eigenvalue weighted by molar-refractivity contribution is 7.99. The van der Waals surface area contributed by atoms with Gasteiger partial charge in [-0.15, -0.1) is 11.8 Å². The zero-order chi connectivity index (χ0) is 16.2. The topological polar surface area (TPSA) is 49.9 Å². The van der Waals surface area contributed by atoms with Crippen LogP contribution in [0.25, 0.3) is 0 Å².